The highest BCUT2D eigenvalue weighted by Crippen LogP contribution is 2.33. The fourth-order valence-electron chi connectivity index (χ4n) is 2.77. The first-order valence-corrected chi connectivity index (χ1v) is 8.55. The maximum absolute atomic E-state index is 12.1. The second-order valence-corrected chi connectivity index (χ2v) is 6.29. The Balaban J connectivity index is 2.34. The minimum absolute atomic E-state index is 0.408. The Morgan fingerprint density at radius 3 is 2.24 bits per heavy atom. The Labute approximate surface area is 163 Å². The van der Waals surface area contributed by atoms with Gasteiger partial charge in [-0.3, -0.25) is 33.5 Å². The van der Waals surface area contributed by atoms with Gasteiger partial charge in [0.2, 0.25) is 0 Å². The number of aromatic nitrogens is 2. The van der Waals surface area contributed by atoms with Gasteiger partial charge < -0.3 is 18.9 Å². The molecule has 158 valence electrons. The first-order valence-electron chi connectivity index (χ1n) is 8.55. The molecule has 0 aromatic carbocycles. The van der Waals surface area contributed by atoms with Gasteiger partial charge in [0.15, 0.2) is 18.4 Å². The number of Topliss-reactive ketones (excluding diaryl/α,β-unsaturated/α-hetero) is 1. The van der Waals surface area contributed by atoms with Crippen LogP contribution in [0.3, 0.4) is 0 Å². The van der Waals surface area contributed by atoms with Crippen LogP contribution in [0.2, 0.25) is 0 Å². The van der Waals surface area contributed by atoms with E-state index in [9.17, 15) is 28.8 Å². The summed E-state index contributed by atoms with van der Waals surface area (Å²) in [6.45, 7) is 3.00. The van der Waals surface area contributed by atoms with Crippen LogP contribution in [-0.2, 0) is 38.1 Å². The van der Waals surface area contributed by atoms with Crippen LogP contribution in [0.15, 0.2) is 21.9 Å². The van der Waals surface area contributed by atoms with Crippen molar-refractivity contribution in [1.82, 2.24) is 9.55 Å². The first kappa shape index (κ1) is 22.0. The summed E-state index contributed by atoms with van der Waals surface area (Å²) >= 11 is 0. The van der Waals surface area contributed by atoms with Gasteiger partial charge >= 0.3 is 23.6 Å². The Hall–Kier alpha value is -3.28. The molecule has 0 unspecified atom stereocenters. The van der Waals surface area contributed by atoms with Crippen LogP contribution in [-0.4, -0.2) is 58.2 Å². The molecule has 29 heavy (non-hydrogen) atoms. The highest BCUT2D eigenvalue weighted by atomic mass is 16.7. The highest BCUT2D eigenvalue weighted by Gasteiger charge is 2.50. The van der Waals surface area contributed by atoms with Gasteiger partial charge in [-0.25, -0.2) is 4.79 Å². The van der Waals surface area contributed by atoms with Crippen LogP contribution in [0.1, 0.15) is 33.4 Å². The van der Waals surface area contributed by atoms with Gasteiger partial charge in [-0.05, 0) is 6.92 Å². The summed E-state index contributed by atoms with van der Waals surface area (Å²) in [5.74, 6) is -2.71. The van der Waals surface area contributed by atoms with Crippen LogP contribution in [0.4, 0.5) is 0 Å². The minimum atomic E-state index is -1.27. The quantitative estimate of drug-likeness (QED) is 0.328. The number of carbonyl (C=O) groups excluding carboxylic acids is 4. The van der Waals surface area contributed by atoms with Crippen molar-refractivity contribution in [3.05, 3.63) is 33.1 Å². The number of nitrogens with one attached hydrogen (secondary N) is 1. The molecular weight excluding hydrogens is 392 g/mol. The predicted molar refractivity (Wildman–Crippen MR) is 92.6 cm³/mol. The monoisotopic (exact) mass is 412 g/mol. The molecule has 2 heterocycles. The van der Waals surface area contributed by atoms with Gasteiger partial charge in [-0.1, -0.05) is 0 Å². The SMILES string of the molecule is CC(=O)CC(=O)OC[C@H]1O[C@@H](n2ccc(=O)[nH]c2=O)[C@H](OC(C)=O)[C@@H]1OC(C)=O. The number of rotatable bonds is 7. The number of ketones is 1. The Morgan fingerprint density at radius 1 is 1.07 bits per heavy atom. The fraction of sp³-hybridized carbons (Fsp3) is 0.529. The van der Waals surface area contributed by atoms with Gasteiger partial charge in [0, 0.05) is 26.1 Å². The number of H-pyrrole nitrogens is 1. The van der Waals surface area contributed by atoms with Crippen molar-refractivity contribution in [2.75, 3.05) is 6.61 Å². The summed E-state index contributed by atoms with van der Waals surface area (Å²) in [6, 6.07) is 1.05. The smallest absolute Gasteiger partial charge is 0.330 e. The molecule has 12 nitrogen and oxygen atoms in total. The zero-order chi connectivity index (χ0) is 21.7. The number of ether oxygens (including phenoxy) is 4. The molecule has 1 aromatic rings. The third-order valence-electron chi connectivity index (χ3n) is 3.82. The lowest BCUT2D eigenvalue weighted by Crippen LogP contribution is -2.42. The number of aromatic amines is 1. The van der Waals surface area contributed by atoms with Gasteiger partial charge in [-0.15, -0.1) is 0 Å². The van der Waals surface area contributed by atoms with Crippen LogP contribution < -0.4 is 11.2 Å². The summed E-state index contributed by atoms with van der Waals surface area (Å²) in [5, 5.41) is 0. The zero-order valence-corrected chi connectivity index (χ0v) is 15.9. The third-order valence-corrected chi connectivity index (χ3v) is 3.82. The molecule has 0 saturated carbocycles. The third kappa shape index (κ3) is 5.85. The number of hydrogen-bond acceptors (Lipinski definition) is 10. The molecule has 4 atom stereocenters. The van der Waals surface area contributed by atoms with Crippen molar-refractivity contribution in [2.45, 2.75) is 51.7 Å². The van der Waals surface area contributed by atoms with Gasteiger partial charge in [0.1, 0.15) is 24.9 Å². The normalized spacial score (nSPS) is 23.3. The molecule has 12 heteroatoms. The van der Waals surface area contributed by atoms with Gasteiger partial charge in [0.25, 0.3) is 5.56 Å². The molecule has 1 saturated heterocycles. The first-order chi connectivity index (χ1) is 13.6. The summed E-state index contributed by atoms with van der Waals surface area (Å²) < 4.78 is 22.0. The zero-order valence-electron chi connectivity index (χ0n) is 15.9. The van der Waals surface area contributed by atoms with E-state index in [0.717, 1.165) is 30.7 Å². The molecule has 1 fully saturated rings. The lowest BCUT2D eigenvalue weighted by molar-refractivity contribution is -0.166. The Kier molecular flexibility index (Phi) is 7.04. The van der Waals surface area contributed by atoms with E-state index in [1.165, 1.54) is 6.92 Å². The maximum Gasteiger partial charge on any atom is 0.330 e. The molecule has 0 spiro atoms. The van der Waals surface area contributed by atoms with E-state index in [1.54, 1.807) is 0 Å². The van der Waals surface area contributed by atoms with Crippen molar-refractivity contribution in [3.63, 3.8) is 0 Å². The average Bonchev–Trinajstić information content (AvgIpc) is 2.89. The van der Waals surface area contributed by atoms with E-state index in [4.69, 9.17) is 18.9 Å². The van der Waals surface area contributed by atoms with Gasteiger partial charge in [0.05, 0.1) is 0 Å². The average molecular weight is 412 g/mol. The van der Waals surface area contributed by atoms with E-state index in [-0.39, 0.29) is 0 Å². The van der Waals surface area contributed by atoms with Crippen molar-refractivity contribution in [1.29, 1.82) is 0 Å². The molecule has 0 aliphatic carbocycles. The second-order valence-electron chi connectivity index (χ2n) is 6.29. The number of esters is 3. The second kappa shape index (κ2) is 9.28. The van der Waals surface area contributed by atoms with E-state index in [2.05, 4.69) is 0 Å². The van der Waals surface area contributed by atoms with Crippen LogP contribution >= 0.6 is 0 Å². The van der Waals surface area contributed by atoms with Crippen molar-refractivity contribution >= 4 is 23.7 Å². The van der Waals surface area contributed by atoms with Crippen molar-refractivity contribution in [2.24, 2.45) is 0 Å². The molecule has 2 rings (SSSR count). The fourth-order valence-corrected chi connectivity index (χ4v) is 2.77. The maximum atomic E-state index is 12.1. The summed E-state index contributed by atoms with van der Waals surface area (Å²) in [5.41, 5.74) is -1.50. The molecular formula is C17H20N2O10. The lowest BCUT2D eigenvalue weighted by Gasteiger charge is -2.23. The van der Waals surface area contributed by atoms with E-state index < -0.39 is 72.5 Å². The number of nitrogens with zero attached hydrogens (tertiary/aromatic N) is 1. The molecule has 0 radical (unpaired) electrons. The van der Waals surface area contributed by atoms with Crippen LogP contribution in [0.5, 0.6) is 0 Å². The number of carbonyl (C=O) groups is 4. The summed E-state index contributed by atoms with van der Waals surface area (Å²) in [4.78, 5) is 71.2. The van der Waals surface area contributed by atoms with Crippen molar-refractivity contribution in [3.8, 4) is 0 Å². The number of hydrogen-bond donors (Lipinski definition) is 1. The van der Waals surface area contributed by atoms with E-state index in [0.29, 0.717) is 0 Å². The highest BCUT2D eigenvalue weighted by molar-refractivity contribution is 5.94. The van der Waals surface area contributed by atoms with Crippen molar-refractivity contribution < 1.29 is 38.1 Å². The lowest BCUT2D eigenvalue weighted by atomic mass is 10.1. The van der Waals surface area contributed by atoms with E-state index in [1.807, 2.05) is 4.98 Å². The Morgan fingerprint density at radius 2 is 1.69 bits per heavy atom. The van der Waals surface area contributed by atoms with Crippen LogP contribution in [0.25, 0.3) is 0 Å². The predicted octanol–water partition coefficient (Wildman–Crippen LogP) is -1.18. The molecule has 0 amide bonds. The molecule has 0 bridgehead atoms. The van der Waals surface area contributed by atoms with E-state index >= 15 is 0 Å². The molecule has 1 aliphatic heterocycles. The summed E-state index contributed by atoms with van der Waals surface area (Å²) in [6.07, 6.45) is -4.20. The molecule has 1 aliphatic rings. The molecule has 1 N–H and O–H groups in total. The Bertz CT molecular complexity index is 917. The standard InChI is InChI=1S/C17H20N2O10/c1-8(20)6-13(24)26-7-11-14(27-9(2)21)15(28-10(3)22)16(29-11)19-5-4-12(23)18-17(19)25/h4-5,11,14-16H,6-7H2,1-3H3,(H,18,23,25)/t11-,14-,15-,16-/m1/s1. The molecule has 1 aromatic heterocycles. The van der Waals surface area contributed by atoms with Crippen LogP contribution in [0, 0.1) is 0 Å². The topological polar surface area (TPSA) is 160 Å². The van der Waals surface area contributed by atoms with Gasteiger partial charge in [-0.2, -0.15) is 0 Å². The minimum Gasteiger partial charge on any atom is -0.462 e. The summed E-state index contributed by atoms with van der Waals surface area (Å²) in [7, 11) is 0. The largest absolute Gasteiger partial charge is 0.462 e.